The molecule has 0 aliphatic rings. The van der Waals surface area contributed by atoms with Gasteiger partial charge in [0.05, 0.1) is 0 Å². The van der Waals surface area contributed by atoms with Gasteiger partial charge in [-0.05, 0) is 37.0 Å². The van der Waals surface area contributed by atoms with Gasteiger partial charge in [-0.3, -0.25) is 14.4 Å². The molecule has 0 aliphatic heterocycles. The maximum Gasteiger partial charge on any atom is 0.306 e. The Balaban J connectivity index is 4.24. The number of hydrogen-bond donors (Lipinski definition) is 0. The van der Waals surface area contributed by atoms with Crippen molar-refractivity contribution in [3.63, 3.8) is 0 Å². The average Bonchev–Trinajstić information content (AvgIpc) is 3.33. The van der Waals surface area contributed by atoms with Gasteiger partial charge in [-0.25, -0.2) is 0 Å². The van der Waals surface area contributed by atoms with Crippen molar-refractivity contribution in [2.24, 2.45) is 17.8 Å². The largest absolute Gasteiger partial charge is 0.462 e. The number of carbonyl (C=O) groups excluding carboxylic acids is 3. The lowest BCUT2D eigenvalue weighted by Crippen LogP contribution is -2.30. The molecule has 0 aromatic heterocycles. The van der Waals surface area contributed by atoms with Gasteiger partial charge in [0.2, 0.25) is 0 Å². The molecule has 0 saturated carbocycles. The molecule has 0 radical (unpaired) electrons. The third-order valence-electron chi connectivity index (χ3n) is 14.9. The van der Waals surface area contributed by atoms with Crippen molar-refractivity contribution in [1.82, 2.24) is 0 Å². The molecule has 0 aliphatic carbocycles. The second kappa shape index (κ2) is 53.2. The number of unbranched alkanes of at least 4 members (excludes halogenated alkanes) is 36. The first-order valence-electron chi connectivity index (χ1n) is 30.7. The molecular formula is C62H120O6. The number of esters is 3. The molecule has 0 spiro atoms. The van der Waals surface area contributed by atoms with Gasteiger partial charge in [-0.2, -0.15) is 0 Å². The molecule has 6 nitrogen and oxygen atoms in total. The molecule has 68 heavy (non-hydrogen) atoms. The highest BCUT2D eigenvalue weighted by molar-refractivity contribution is 5.71. The molecule has 0 heterocycles. The summed E-state index contributed by atoms with van der Waals surface area (Å²) in [4.78, 5) is 38.2. The van der Waals surface area contributed by atoms with Crippen molar-refractivity contribution in [3.05, 3.63) is 0 Å². The van der Waals surface area contributed by atoms with Crippen LogP contribution in [0, 0.1) is 17.8 Å². The first-order chi connectivity index (χ1) is 33.2. The number of hydrogen-bond acceptors (Lipinski definition) is 6. The van der Waals surface area contributed by atoms with E-state index in [0.717, 1.165) is 75.5 Å². The van der Waals surface area contributed by atoms with Gasteiger partial charge in [0.15, 0.2) is 6.10 Å². The van der Waals surface area contributed by atoms with Gasteiger partial charge in [0.25, 0.3) is 0 Å². The fraction of sp³-hybridized carbons (Fsp3) is 0.952. The zero-order chi connectivity index (χ0) is 49.8. The van der Waals surface area contributed by atoms with Gasteiger partial charge in [-0.1, -0.05) is 305 Å². The number of rotatable bonds is 55. The van der Waals surface area contributed by atoms with Crippen molar-refractivity contribution in [2.45, 2.75) is 349 Å². The molecule has 404 valence electrons. The maximum absolute atomic E-state index is 12.9. The Morgan fingerprint density at radius 1 is 0.294 bits per heavy atom. The first-order valence-corrected chi connectivity index (χ1v) is 30.7. The van der Waals surface area contributed by atoms with Crippen molar-refractivity contribution >= 4 is 17.9 Å². The number of carbonyl (C=O) groups is 3. The molecule has 2 unspecified atom stereocenters. The van der Waals surface area contributed by atoms with E-state index in [0.29, 0.717) is 19.3 Å². The van der Waals surface area contributed by atoms with Crippen LogP contribution < -0.4 is 0 Å². The quantitative estimate of drug-likeness (QED) is 0.0343. The summed E-state index contributed by atoms with van der Waals surface area (Å²) in [6.45, 7) is 13.8. The summed E-state index contributed by atoms with van der Waals surface area (Å²) in [5.74, 6) is 1.75. The predicted octanol–water partition coefficient (Wildman–Crippen LogP) is 20.3. The minimum absolute atomic E-state index is 0.0634. The normalized spacial score (nSPS) is 12.9. The first kappa shape index (κ1) is 66.4. The van der Waals surface area contributed by atoms with Gasteiger partial charge < -0.3 is 14.2 Å². The molecular weight excluding hydrogens is 841 g/mol. The van der Waals surface area contributed by atoms with E-state index in [-0.39, 0.29) is 31.1 Å². The Kier molecular flexibility index (Phi) is 52.0. The molecule has 0 amide bonds. The highest BCUT2D eigenvalue weighted by atomic mass is 16.6. The van der Waals surface area contributed by atoms with Crippen LogP contribution in [0.1, 0.15) is 343 Å². The van der Waals surface area contributed by atoms with E-state index in [1.807, 2.05) is 0 Å². The molecule has 0 bridgehead atoms. The summed E-state index contributed by atoms with van der Waals surface area (Å²) in [5, 5.41) is 0. The van der Waals surface area contributed by atoms with Crippen LogP contribution in [0.4, 0.5) is 0 Å². The van der Waals surface area contributed by atoms with Crippen molar-refractivity contribution < 1.29 is 28.6 Å². The van der Waals surface area contributed by atoms with Gasteiger partial charge in [-0.15, -0.1) is 0 Å². The van der Waals surface area contributed by atoms with E-state index in [1.165, 1.54) is 225 Å². The lowest BCUT2D eigenvalue weighted by Gasteiger charge is -2.18. The fourth-order valence-electron chi connectivity index (χ4n) is 9.47. The Labute approximate surface area is 425 Å². The lowest BCUT2D eigenvalue weighted by atomic mass is 9.99. The molecule has 3 atom stereocenters. The Bertz CT molecular complexity index is 1060. The SMILES string of the molecule is CCC(C)CCCCCCCCCCCCCCCCCCCCC(=O)OC[C@@H](COC(=O)CCCCCCCCCCC(C)CC)OC(=O)CCCCCCCCCCCCCCCC(C)C. The minimum Gasteiger partial charge on any atom is -0.462 e. The lowest BCUT2D eigenvalue weighted by molar-refractivity contribution is -0.167. The van der Waals surface area contributed by atoms with Gasteiger partial charge in [0, 0.05) is 19.3 Å². The van der Waals surface area contributed by atoms with Crippen molar-refractivity contribution in [2.75, 3.05) is 13.2 Å². The van der Waals surface area contributed by atoms with Crippen LogP contribution in [0.25, 0.3) is 0 Å². The third-order valence-corrected chi connectivity index (χ3v) is 14.9. The zero-order valence-corrected chi connectivity index (χ0v) is 46.9. The second-order valence-corrected chi connectivity index (χ2v) is 22.3. The predicted molar refractivity (Wildman–Crippen MR) is 293 cm³/mol. The fourth-order valence-corrected chi connectivity index (χ4v) is 9.47. The zero-order valence-electron chi connectivity index (χ0n) is 46.9. The van der Waals surface area contributed by atoms with Crippen LogP contribution in [-0.4, -0.2) is 37.2 Å². The van der Waals surface area contributed by atoms with Crippen LogP contribution in [0.5, 0.6) is 0 Å². The second-order valence-electron chi connectivity index (χ2n) is 22.3. The van der Waals surface area contributed by atoms with Crippen molar-refractivity contribution in [1.29, 1.82) is 0 Å². The monoisotopic (exact) mass is 961 g/mol. The van der Waals surface area contributed by atoms with Crippen LogP contribution in [-0.2, 0) is 28.6 Å². The van der Waals surface area contributed by atoms with Crippen LogP contribution in [0.2, 0.25) is 0 Å². The molecule has 0 aromatic rings. The van der Waals surface area contributed by atoms with E-state index in [1.54, 1.807) is 0 Å². The van der Waals surface area contributed by atoms with E-state index < -0.39 is 6.10 Å². The third kappa shape index (κ3) is 52.2. The van der Waals surface area contributed by atoms with E-state index in [4.69, 9.17) is 14.2 Å². The summed E-state index contributed by atoms with van der Waals surface area (Å²) in [7, 11) is 0. The summed E-state index contributed by atoms with van der Waals surface area (Å²) in [6.07, 6.45) is 56.6. The van der Waals surface area contributed by atoms with Crippen LogP contribution in [0.3, 0.4) is 0 Å². The smallest absolute Gasteiger partial charge is 0.306 e. The molecule has 6 heteroatoms. The van der Waals surface area contributed by atoms with Gasteiger partial charge >= 0.3 is 17.9 Å². The van der Waals surface area contributed by atoms with E-state index in [9.17, 15) is 14.4 Å². The van der Waals surface area contributed by atoms with E-state index >= 15 is 0 Å². The molecule has 0 saturated heterocycles. The van der Waals surface area contributed by atoms with E-state index in [2.05, 4.69) is 41.5 Å². The summed E-state index contributed by atoms with van der Waals surface area (Å²) >= 11 is 0. The van der Waals surface area contributed by atoms with Crippen molar-refractivity contribution in [3.8, 4) is 0 Å². The topological polar surface area (TPSA) is 78.9 Å². The van der Waals surface area contributed by atoms with Gasteiger partial charge in [0.1, 0.15) is 13.2 Å². The summed E-state index contributed by atoms with van der Waals surface area (Å²) < 4.78 is 16.9. The molecule has 0 rings (SSSR count). The standard InChI is InChI=1S/C62H120O6/c1-7-57(5)49-43-37-31-25-21-17-13-11-9-10-12-14-18-22-26-33-39-45-51-60(63)66-54-59(55-67-61(64)52-46-40-34-29-28-32-38-44-50-58(6)8-2)68-62(65)53-47-41-35-27-23-19-15-16-20-24-30-36-42-48-56(3)4/h56-59H,7-55H2,1-6H3/t57?,58?,59-/m0/s1. The Morgan fingerprint density at radius 3 is 0.765 bits per heavy atom. The highest BCUT2D eigenvalue weighted by Crippen LogP contribution is 2.19. The molecule has 0 aromatic carbocycles. The van der Waals surface area contributed by atoms with Crippen LogP contribution >= 0.6 is 0 Å². The summed E-state index contributed by atoms with van der Waals surface area (Å²) in [6, 6.07) is 0. The Morgan fingerprint density at radius 2 is 0.515 bits per heavy atom. The molecule has 0 N–H and O–H groups in total. The minimum atomic E-state index is -0.764. The number of ether oxygens (including phenoxy) is 3. The maximum atomic E-state index is 12.9. The Hall–Kier alpha value is -1.59. The van der Waals surface area contributed by atoms with Crippen LogP contribution in [0.15, 0.2) is 0 Å². The highest BCUT2D eigenvalue weighted by Gasteiger charge is 2.19. The average molecular weight is 962 g/mol. The molecule has 0 fully saturated rings. The summed E-state index contributed by atoms with van der Waals surface area (Å²) in [5.41, 5.74) is 0.